The molecule has 0 N–H and O–H groups in total. The number of hydrogen-bond donors (Lipinski definition) is 0. The van der Waals surface area contributed by atoms with Crippen molar-refractivity contribution in [2.75, 3.05) is 39.3 Å². The summed E-state index contributed by atoms with van der Waals surface area (Å²) in [5.74, 6) is 2.00. The minimum atomic E-state index is 0.698. The second kappa shape index (κ2) is 6.00. The molecule has 2 unspecified atom stereocenters. The Morgan fingerprint density at radius 1 is 0.783 bits per heavy atom. The van der Waals surface area contributed by atoms with Crippen LogP contribution in [-0.4, -0.2) is 72.1 Å². The Hall–Kier alpha value is -0.120. The lowest BCUT2D eigenvalue weighted by Gasteiger charge is -2.56. The molecule has 0 radical (unpaired) electrons. The summed E-state index contributed by atoms with van der Waals surface area (Å²) < 4.78 is 0. The van der Waals surface area contributed by atoms with Crippen molar-refractivity contribution in [1.29, 1.82) is 0 Å². The maximum atomic E-state index is 2.88. The first-order valence-electron chi connectivity index (χ1n) is 10.2. The highest BCUT2D eigenvalue weighted by Gasteiger charge is 2.48. The van der Waals surface area contributed by atoms with Gasteiger partial charge in [0.2, 0.25) is 0 Å². The highest BCUT2D eigenvalue weighted by atomic mass is 15.3. The summed E-state index contributed by atoms with van der Waals surface area (Å²) in [4.78, 5) is 8.25. The van der Waals surface area contributed by atoms with E-state index in [9.17, 15) is 0 Å². The molecule has 1 spiro atoms. The Morgan fingerprint density at radius 2 is 1.30 bits per heavy atom. The van der Waals surface area contributed by atoms with E-state index in [0.717, 1.165) is 30.0 Å². The first-order chi connectivity index (χ1) is 11.0. The van der Waals surface area contributed by atoms with E-state index in [-0.39, 0.29) is 0 Å². The van der Waals surface area contributed by atoms with Gasteiger partial charge in [0.05, 0.1) is 0 Å². The van der Waals surface area contributed by atoms with Gasteiger partial charge in [-0.2, -0.15) is 0 Å². The summed E-state index contributed by atoms with van der Waals surface area (Å²) in [6.07, 6.45) is 5.89. The zero-order valence-electron chi connectivity index (χ0n) is 15.8. The van der Waals surface area contributed by atoms with Crippen LogP contribution in [0.2, 0.25) is 0 Å². The molecule has 3 nitrogen and oxygen atoms in total. The molecule has 0 amide bonds. The van der Waals surface area contributed by atoms with Crippen molar-refractivity contribution in [1.82, 2.24) is 14.7 Å². The Balaban J connectivity index is 1.25. The Labute approximate surface area is 143 Å². The summed E-state index contributed by atoms with van der Waals surface area (Å²) in [6.45, 7) is 17.7. The van der Waals surface area contributed by atoms with E-state index in [2.05, 4.69) is 42.4 Å². The highest BCUT2D eigenvalue weighted by molar-refractivity contribution is 5.02. The van der Waals surface area contributed by atoms with Crippen molar-refractivity contribution in [3.63, 3.8) is 0 Å². The lowest BCUT2D eigenvalue weighted by Crippen LogP contribution is -2.62. The molecule has 0 aromatic carbocycles. The number of rotatable bonds is 3. The van der Waals surface area contributed by atoms with Crippen molar-refractivity contribution in [3.05, 3.63) is 0 Å². The average Bonchev–Trinajstić information content (AvgIpc) is 3.03. The van der Waals surface area contributed by atoms with Crippen LogP contribution in [0.1, 0.15) is 53.4 Å². The minimum absolute atomic E-state index is 0.698. The maximum absolute atomic E-state index is 2.88. The molecule has 132 valence electrons. The third-order valence-electron chi connectivity index (χ3n) is 7.67. The SMILES string of the molecule is CC(C)N1CC2CC(N3CCC4(CC3)CN(C(C)C)C4)CC2C1. The van der Waals surface area contributed by atoms with Crippen LogP contribution in [0.4, 0.5) is 0 Å². The molecule has 3 heterocycles. The van der Waals surface area contributed by atoms with Crippen LogP contribution < -0.4 is 0 Å². The first-order valence-corrected chi connectivity index (χ1v) is 10.2. The lowest BCUT2D eigenvalue weighted by atomic mass is 9.71. The predicted molar refractivity (Wildman–Crippen MR) is 96.7 cm³/mol. The standard InChI is InChI=1S/C20H37N3/c1-15(2)22-11-17-9-19(10-18(17)12-22)21-7-5-20(6-8-21)13-23(14-20)16(3)4/h15-19H,5-14H2,1-4H3. The van der Waals surface area contributed by atoms with E-state index < -0.39 is 0 Å². The molecule has 1 saturated carbocycles. The van der Waals surface area contributed by atoms with Crippen molar-refractivity contribution in [2.24, 2.45) is 17.3 Å². The number of likely N-dealkylation sites (tertiary alicyclic amines) is 3. The topological polar surface area (TPSA) is 9.72 Å². The third-order valence-corrected chi connectivity index (χ3v) is 7.67. The van der Waals surface area contributed by atoms with E-state index in [1.54, 1.807) is 0 Å². The fraction of sp³-hybridized carbons (Fsp3) is 1.00. The lowest BCUT2D eigenvalue weighted by molar-refractivity contribution is -0.0684. The number of nitrogens with zero attached hydrogens (tertiary/aromatic N) is 3. The molecule has 0 aromatic rings. The summed E-state index contributed by atoms with van der Waals surface area (Å²) in [5, 5.41) is 0. The van der Waals surface area contributed by atoms with E-state index in [0.29, 0.717) is 5.41 Å². The quantitative estimate of drug-likeness (QED) is 0.792. The van der Waals surface area contributed by atoms with Gasteiger partial charge in [0, 0.05) is 44.3 Å². The molecular weight excluding hydrogens is 282 g/mol. The van der Waals surface area contributed by atoms with Crippen LogP contribution in [0, 0.1) is 17.3 Å². The van der Waals surface area contributed by atoms with E-state index in [1.165, 1.54) is 65.0 Å². The van der Waals surface area contributed by atoms with Gasteiger partial charge in [-0.05, 0) is 83.7 Å². The summed E-state index contributed by atoms with van der Waals surface area (Å²) in [7, 11) is 0. The summed E-state index contributed by atoms with van der Waals surface area (Å²) in [6, 6.07) is 2.41. The fourth-order valence-corrected chi connectivity index (χ4v) is 5.88. The van der Waals surface area contributed by atoms with Gasteiger partial charge in [0.15, 0.2) is 0 Å². The predicted octanol–water partition coefficient (Wildman–Crippen LogP) is 2.91. The molecule has 4 aliphatic rings. The first kappa shape index (κ1) is 16.4. The van der Waals surface area contributed by atoms with E-state index in [4.69, 9.17) is 0 Å². The summed E-state index contributed by atoms with van der Waals surface area (Å²) >= 11 is 0. The second-order valence-corrected chi connectivity index (χ2v) is 9.73. The van der Waals surface area contributed by atoms with E-state index >= 15 is 0 Å². The molecule has 0 bridgehead atoms. The molecule has 2 atom stereocenters. The van der Waals surface area contributed by atoms with Crippen molar-refractivity contribution >= 4 is 0 Å². The zero-order chi connectivity index (χ0) is 16.2. The number of hydrogen-bond acceptors (Lipinski definition) is 3. The molecule has 3 heteroatoms. The largest absolute Gasteiger partial charge is 0.300 e. The highest BCUT2D eigenvalue weighted by Crippen LogP contribution is 2.45. The van der Waals surface area contributed by atoms with Crippen LogP contribution in [0.25, 0.3) is 0 Å². The Kier molecular flexibility index (Phi) is 4.26. The van der Waals surface area contributed by atoms with Gasteiger partial charge in [0.1, 0.15) is 0 Å². The van der Waals surface area contributed by atoms with Crippen molar-refractivity contribution in [2.45, 2.75) is 71.5 Å². The fourth-order valence-electron chi connectivity index (χ4n) is 5.88. The summed E-state index contributed by atoms with van der Waals surface area (Å²) in [5.41, 5.74) is 0.698. The zero-order valence-corrected chi connectivity index (χ0v) is 15.8. The Morgan fingerprint density at radius 3 is 1.78 bits per heavy atom. The van der Waals surface area contributed by atoms with Gasteiger partial charge in [-0.1, -0.05) is 0 Å². The average molecular weight is 320 g/mol. The van der Waals surface area contributed by atoms with Crippen molar-refractivity contribution in [3.8, 4) is 0 Å². The number of piperidine rings is 1. The van der Waals surface area contributed by atoms with Gasteiger partial charge in [0.25, 0.3) is 0 Å². The van der Waals surface area contributed by atoms with Crippen LogP contribution in [0.5, 0.6) is 0 Å². The van der Waals surface area contributed by atoms with Crippen LogP contribution in [0.15, 0.2) is 0 Å². The van der Waals surface area contributed by atoms with Gasteiger partial charge in [-0.15, -0.1) is 0 Å². The van der Waals surface area contributed by atoms with Crippen LogP contribution in [0.3, 0.4) is 0 Å². The van der Waals surface area contributed by atoms with Crippen molar-refractivity contribution < 1.29 is 0 Å². The van der Waals surface area contributed by atoms with E-state index in [1.807, 2.05) is 0 Å². The molecule has 23 heavy (non-hydrogen) atoms. The number of fused-ring (bicyclic) bond motifs is 1. The van der Waals surface area contributed by atoms with Gasteiger partial charge in [-0.3, -0.25) is 4.90 Å². The molecular formula is C20H37N3. The Bertz CT molecular complexity index is 403. The smallest absolute Gasteiger partial charge is 0.0102 e. The maximum Gasteiger partial charge on any atom is 0.0102 e. The molecule has 4 rings (SSSR count). The monoisotopic (exact) mass is 319 g/mol. The van der Waals surface area contributed by atoms with Gasteiger partial charge >= 0.3 is 0 Å². The molecule has 0 aromatic heterocycles. The molecule has 1 aliphatic carbocycles. The molecule has 3 aliphatic heterocycles. The van der Waals surface area contributed by atoms with Gasteiger partial charge < -0.3 is 9.80 Å². The second-order valence-electron chi connectivity index (χ2n) is 9.73. The minimum Gasteiger partial charge on any atom is -0.300 e. The molecule has 4 fully saturated rings. The van der Waals surface area contributed by atoms with Crippen LogP contribution >= 0.6 is 0 Å². The van der Waals surface area contributed by atoms with Crippen LogP contribution in [-0.2, 0) is 0 Å². The normalized spacial score (nSPS) is 38.6. The molecule has 3 saturated heterocycles. The third kappa shape index (κ3) is 2.98. The van der Waals surface area contributed by atoms with Gasteiger partial charge in [-0.25, -0.2) is 0 Å².